The van der Waals surface area contributed by atoms with E-state index in [-0.39, 0.29) is 18.0 Å². The third kappa shape index (κ3) is 6.00. The smallest absolute Gasteiger partial charge is 0.320 e. The number of sulfonamides is 1. The molecule has 0 saturated carbocycles. The molecule has 2 atom stereocenters. The topological polar surface area (TPSA) is 64.2 Å². The quantitative estimate of drug-likeness (QED) is 0.557. The zero-order valence-corrected chi connectivity index (χ0v) is 23.6. The number of benzene rings is 2. The zero-order valence-electron chi connectivity index (χ0n) is 21.2. The van der Waals surface area contributed by atoms with E-state index in [9.17, 15) is 13.2 Å². The minimum Gasteiger partial charge on any atom is -0.322 e. The number of amides is 2. The van der Waals surface area contributed by atoms with Gasteiger partial charge in [-0.1, -0.05) is 47.5 Å². The molecule has 0 bridgehead atoms. The number of hydrogen-bond acceptors (Lipinski definition) is 4. The maximum atomic E-state index is 13.5. The van der Waals surface area contributed by atoms with Gasteiger partial charge in [-0.05, 0) is 55.3 Å². The third-order valence-corrected chi connectivity index (χ3v) is 9.52. The van der Waals surface area contributed by atoms with Gasteiger partial charge in [0.25, 0.3) is 0 Å². The highest BCUT2D eigenvalue weighted by Gasteiger charge is 2.40. The fourth-order valence-corrected chi connectivity index (χ4v) is 6.31. The van der Waals surface area contributed by atoms with Crippen molar-refractivity contribution < 1.29 is 13.2 Å². The average Bonchev–Trinajstić information content (AvgIpc) is 3.28. The Kier molecular flexibility index (Phi) is 8.22. The fourth-order valence-electron chi connectivity index (χ4n) is 5.18. The van der Waals surface area contributed by atoms with E-state index in [0.717, 1.165) is 12.1 Å². The van der Waals surface area contributed by atoms with E-state index < -0.39 is 10.0 Å². The summed E-state index contributed by atoms with van der Waals surface area (Å²) in [5.41, 5.74) is 4.82. The molecule has 0 aliphatic carbocycles. The summed E-state index contributed by atoms with van der Waals surface area (Å²) in [5, 5.41) is 1.02. The van der Waals surface area contributed by atoms with Crippen LogP contribution in [0.5, 0.6) is 0 Å². The lowest BCUT2D eigenvalue weighted by Gasteiger charge is -2.35. The van der Waals surface area contributed by atoms with Crippen LogP contribution in [0.15, 0.2) is 36.4 Å². The number of carbonyl (C=O) groups is 1. The number of hydrogen-bond donors (Lipinski definition) is 0. The molecular weight excluding hydrogens is 519 g/mol. The molecule has 0 aromatic heterocycles. The fraction of sp³-hybridized carbons (Fsp3) is 0.500. The Labute approximate surface area is 224 Å². The van der Waals surface area contributed by atoms with Gasteiger partial charge >= 0.3 is 6.03 Å². The highest BCUT2D eigenvalue weighted by molar-refractivity contribution is 7.88. The van der Waals surface area contributed by atoms with Gasteiger partial charge in [-0.2, -0.15) is 4.31 Å². The molecule has 4 rings (SSSR count). The molecule has 10 heteroatoms. The second kappa shape index (κ2) is 10.9. The van der Waals surface area contributed by atoms with Crippen molar-refractivity contribution in [3.63, 3.8) is 0 Å². The molecule has 0 radical (unpaired) electrons. The Morgan fingerprint density at radius 2 is 1.64 bits per heavy atom. The Morgan fingerprint density at radius 1 is 0.944 bits per heavy atom. The second-order valence-electron chi connectivity index (χ2n) is 10.0. The predicted octanol–water partition coefficient (Wildman–Crippen LogP) is 4.21. The summed E-state index contributed by atoms with van der Waals surface area (Å²) in [5.74, 6) is 0.0672. The maximum absolute atomic E-state index is 13.5. The minimum absolute atomic E-state index is 0.0460. The molecular formula is C26H34Cl2N4O3S. The number of aryl methyl sites for hydroxylation is 2. The first-order valence-electron chi connectivity index (χ1n) is 12.1. The van der Waals surface area contributed by atoms with Gasteiger partial charge in [-0.3, -0.25) is 4.90 Å². The van der Waals surface area contributed by atoms with Crippen LogP contribution in [-0.4, -0.2) is 92.1 Å². The molecule has 196 valence electrons. The highest BCUT2D eigenvalue weighted by Crippen LogP contribution is 2.35. The molecule has 2 aromatic carbocycles. The number of urea groups is 1. The van der Waals surface area contributed by atoms with Crippen LogP contribution in [-0.2, 0) is 16.6 Å². The van der Waals surface area contributed by atoms with Gasteiger partial charge in [-0.15, -0.1) is 0 Å². The first-order valence-corrected chi connectivity index (χ1v) is 14.7. The van der Waals surface area contributed by atoms with Crippen molar-refractivity contribution in [2.45, 2.75) is 32.4 Å². The molecule has 2 fully saturated rings. The Balaban J connectivity index is 1.53. The Hall–Kier alpha value is -1.84. The molecule has 2 aliphatic rings. The van der Waals surface area contributed by atoms with Crippen LogP contribution in [0.4, 0.5) is 4.79 Å². The van der Waals surface area contributed by atoms with Crippen molar-refractivity contribution in [1.29, 1.82) is 0 Å². The predicted molar refractivity (Wildman–Crippen MR) is 145 cm³/mol. The molecule has 2 heterocycles. The Bertz CT molecular complexity index is 1230. The van der Waals surface area contributed by atoms with Gasteiger partial charge in [0.05, 0.1) is 16.3 Å². The number of carbonyl (C=O) groups excluding carboxylic acids is 1. The van der Waals surface area contributed by atoms with Crippen LogP contribution in [0.2, 0.25) is 10.0 Å². The van der Waals surface area contributed by atoms with Gasteiger partial charge in [0, 0.05) is 57.8 Å². The number of rotatable bonds is 5. The van der Waals surface area contributed by atoms with Gasteiger partial charge in [0.1, 0.15) is 0 Å². The Morgan fingerprint density at radius 3 is 2.25 bits per heavy atom. The van der Waals surface area contributed by atoms with E-state index in [1.807, 2.05) is 23.1 Å². The molecule has 2 aromatic rings. The van der Waals surface area contributed by atoms with Crippen molar-refractivity contribution in [3.8, 4) is 0 Å². The minimum atomic E-state index is -3.25. The summed E-state index contributed by atoms with van der Waals surface area (Å²) in [6, 6.07) is 12.3. The van der Waals surface area contributed by atoms with Crippen LogP contribution in [0.25, 0.3) is 0 Å². The maximum Gasteiger partial charge on any atom is 0.320 e. The largest absolute Gasteiger partial charge is 0.322 e. The number of piperazine rings is 1. The lowest BCUT2D eigenvalue weighted by molar-refractivity contribution is 0.138. The summed E-state index contributed by atoms with van der Waals surface area (Å²) < 4.78 is 25.2. The monoisotopic (exact) mass is 552 g/mol. The average molecular weight is 554 g/mol. The van der Waals surface area contributed by atoms with E-state index in [1.165, 1.54) is 27.3 Å². The van der Waals surface area contributed by atoms with Crippen molar-refractivity contribution in [3.05, 3.63) is 68.7 Å². The number of nitrogens with zero attached hydrogens (tertiary/aromatic N) is 4. The molecule has 2 aliphatic heterocycles. The molecule has 36 heavy (non-hydrogen) atoms. The molecule has 1 unspecified atom stereocenters. The molecule has 0 spiro atoms. The number of halogens is 2. The first-order chi connectivity index (χ1) is 16.9. The molecule has 2 amide bonds. The van der Waals surface area contributed by atoms with Gasteiger partial charge in [0.2, 0.25) is 10.0 Å². The lowest BCUT2D eigenvalue weighted by Crippen LogP contribution is -2.53. The van der Waals surface area contributed by atoms with Crippen molar-refractivity contribution in [1.82, 2.24) is 19.0 Å². The summed E-state index contributed by atoms with van der Waals surface area (Å²) in [7, 11) is -1.15. The van der Waals surface area contributed by atoms with E-state index in [2.05, 4.69) is 44.0 Å². The lowest BCUT2D eigenvalue weighted by atomic mass is 9.93. The first kappa shape index (κ1) is 27.2. The summed E-state index contributed by atoms with van der Waals surface area (Å²) in [6.45, 7) is 7.57. The molecule has 2 saturated heterocycles. The third-order valence-electron chi connectivity index (χ3n) is 7.48. The SMILES string of the molecule is Cc1ccc(CN(C)C2CN(C(=O)N3CCN(S(C)(=O)=O)CC3)C[C@@H]2c2ccc(Cl)c(Cl)c2)cc1C. The molecule has 0 N–H and O–H groups in total. The second-order valence-corrected chi connectivity index (χ2v) is 12.8. The van der Waals surface area contributed by atoms with Crippen LogP contribution in [0, 0.1) is 13.8 Å². The van der Waals surface area contributed by atoms with Crippen molar-refractivity contribution in [2.75, 3.05) is 52.6 Å². The van der Waals surface area contributed by atoms with Gasteiger partial charge in [0.15, 0.2) is 0 Å². The number of likely N-dealkylation sites (tertiary alicyclic amines) is 1. The van der Waals surface area contributed by atoms with Crippen molar-refractivity contribution in [2.24, 2.45) is 0 Å². The van der Waals surface area contributed by atoms with Crippen LogP contribution >= 0.6 is 23.2 Å². The summed E-state index contributed by atoms with van der Waals surface area (Å²) in [6.07, 6.45) is 1.21. The summed E-state index contributed by atoms with van der Waals surface area (Å²) >= 11 is 12.5. The van der Waals surface area contributed by atoms with Crippen molar-refractivity contribution >= 4 is 39.3 Å². The van der Waals surface area contributed by atoms with E-state index in [1.54, 1.807) is 4.90 Å². The van der Waals surface area contributed by atoms with Gasteiger partial charge < -0.3 is 9.80 Å². The zero-order chi connectivity index (χ0) is 26.2. The number of likely N-dealkylation sites (N-methyl/N-ethyl adjacent to an activating group) is 1. The normalized spacial score (nSPS) is 21.4. The summed E-state index contributed by atoms with van der Waals surface area (Å²) in [4.78, 5) is 19.4. The van der Waals surface area contributed by atoms with Crippen LogP contribution in [0.1, 0.15) is 28.2 Å². The van der Waals surface area contributed by atoms with E-state index >= 15 is 0 Å². The highest BCUT2D eigenvalue weighted by atomic mass is 35.5. The van der Waals surface area contributed by atoms with Crippen LogP contribution in [0.3, 0.4) is 0 Å². The molecule has 7 nitrogen and oxygen atoms in total. The van der Waals surface area contributed by atoms with E-state index in [0.29, 0.717) is 49.3 Å². The van der Waals surface area contributed by atoms with E-state index in [4.69, 9.17) is 23.2 Å². The standard InChI is InChI=1S/C26H34Cl2N4O3S/c1-18-5-6-20(13-19(18)2)15-29(3)25-17-31(16-22(25)21-7-8-23(27)24(28)14-21)26(33)30-9-11-32(12-10-30)36(4,34)35/h5-8,13-14,22,25H,9-12,15-17H2,1-4H3/t22-,25?/m1/s1. The van der Waals surface area contributed by atoms with Crippen LogP contribution < -0.4 is 0 Å². The van der Waals surface area contributed by atoms with Gasteiger partial charge in [-0.25, -0.2) is 13.2 Å².